The van der Waals surface area contributed by atoms with Crippen molar-refractivity contribution in [3.05, 3.63) is 11.1 Å². The summed E-state index contributed by atoms with van der Waals surface area (Å²) in [4.78, 5) is 10.8. The first-order valence-corrected chi connectivity index (χ1v) is 3.69. The Morgan fingerprint density at radius 3 is 3.00 bits per heavy atom. The molecule has 0 spiro atoms. The van der Waals surface area contributed by atoms with Crippen LogP contribution in [0.5, 0.6) is 0 Å². The van der Waals surface area contributed by atoms with E-state index in [1.807, 2.05) is 6.07 Å². The van der Waals surface area contributed by atoms with Crippen molar-refractivity contribution in [2.24, 2.45) is 0 Å². The highest BCUT2D eigenvalue weighted by molar-refractivity contribution is 8.04. The highest BCUT2D eigenvalue weighted by atomic mass is 32.2. The van der Waals surface area contributed by atoms with Gasteiger partial charge in [0.1, 0.15) is 0 Å². The van der Waals surface area contributed by atoms with Crippen molar-refractivity contribution in [2.75, 3.05) is 0 Å². The molecule has 0 aliphatic carbocycles. The molecule has 0 bridgehead atoms. The summed E-state index contributed by atoms with van der Waals surface area (Å²) in [6, 6.07) is 1.85. The Morgan fingerprint density at radius 1 is 1.90 bits per heavy atom. The van der Waals surface area contributed by atoms with Crippen LogP contribution in [0.15, 0.2) is 11.1 Å². The Balaban J connectivity index is 2.68. The second kappa shape index (κ2) is 2.76. The molecule has 1 N–H and O–H groups in total. The number of nitrogens with one attached hydrogen (secondary N) is 1. The zero-order chi connectivity index (χ0) is 7.56. The van der Waals surface area contributed by atoms with Gasteiger partial charge in [0.2, 0.25) is 5.91 Å². The van der Waals surface area contributed by atoms with Crippen molar-refractivity contribution in [3.8, 4) is 6.07 Å². The van der Waals surface area contributed by atoms with E-state index < -0.39 is 0 Å². The molecule has 1 saturated heterocycles. The molecule has 3 nitrogen and oxygen atoms in total. The third-order valence-electron chi connectivity index (χ3n) is 1.12. The minimum atomic E-state index is -0.0559. The van der Waals surface area contributed by atoms with Crippen molar-refractivity contribution < 1.29 is 4.79 Å². The van der Waals surface area contributed by atoms with E-state index in [0.717, 1.165) is 0 Å². The molecule has 4 heteroatoms. The van der Waals surface area contributed by atoms with E-state index in [-0.39, 0.29) is 11.2 Å². The van der Waals surface area contributed by atoms with Gasteiger partial charge in [-0.25, -0.2) is 0 Å². The molecule has 0 aromatic carbocycles. The monoisotopic (exact) mass is 154 g/mol. The molecule has 0 radical (unpaired) electrons. The van der Waals surface area contributed by atoms with Crippen LogP contribution in [0.3, 0.4) is 0 Å². The van der Waals surface area contributed by atoms with E-state index in [1.54, 1.807) is 6.92 Å². The number of amides is 1. The van der Waals surface area contributed by atoms with Crippen molar-refractivity contribution in [1.29, 1.82) is 5.26 Å². The van der Waals surface area contributed by atoms with Crippen molar-refractivity contribution in [1.82, 2.24) is 5.32 Å². The minimum Gasteiger partial charge on any atom is -0.319 e. The van der Waals surface area contributed by atoms with Crippen molar-refractivity contribution in [3.63, 3.8) is 0 Å². The van der Waals surface area contributed by atoms with Crippen LogP contribution < -0.4 is 5.32 Å². The summed E-state index contributed by atoms with van der Waals surface area (Å²) in [5.41, 5.74) is 0. The van der Waals surface area contributed by atoms with Gasteiger partial charge in [0.25, 0.3) is 0 Å². The van der Waals surface area contributed by atoms with Crippen LogP contribution in [0.4, 0.5) is 0 Å². The van der Waals surface area contributed by atoms with Crippen molar-refractivity contribution >= 4 is 17.7 Å². The minimum absolute atomic E-state index is 0.0218. The summed E-state index contributed by atoms with van der Waals surface area (Å²) in [6.45, 7) is 1.80. The smallest absolute Gasteiger partial charge is 0.238 e. The summed E-state index contributed by atoms with van der Waals surface area (Å²) in [6.07, 6.45) is 1.34. The number of rotatable bonds is 0. The summed E-state index contributed by atoms with van der Waals surface area (Å²) >= 11 is 1.38. The predicted octanol–water partition coefficient (Wildman–Crippen LogP) is 0.603. The van der Waals surface area contributed by atoms with Crippen LogP contribution in [0.1, 0.15) is 6.92 Å². The molecule has 1 aliphatic heterocycles. The topological polar surface area (TPSA) is 52.9 Å². The lowest BCUT2D eigenvalue weighted by atomic mass is 10.4. The van der Waals surface area contributed by atoms with Crippen LogP contribution in [0, 0.1) is 11.3 Å². The lowest BCUT2D eigenvalue weighted by Gasteiger charge is -1.88. The highest BCUT2D eigenvalue weighted by Gasteiger charge is 2.23. The third-order valence-corrected chi connectivity index (χ3v) is 2.16. The van der Waals surface area contributed by atoms with Crippen LogP contribution in [-0.4, -0.2) is 11.2 Å². The zero-order valence-electron chi connectivity index (χ0n) is 5.42. The number of allylic oxidation sites excluding steroid dienone is 1. The number of nitrogens with zero attached hydrogens (tertiary/aromatic N) is 1. The molecule has 0 unspecified atom stereocenters. The fourth-order valence-corrected chi connectivity index (χ4v) is 1.45. The maximum atomic E-state index is 10.8. The lowest BCUT2D eigenvalue weighted by molar-refractivity contribution is -0.118. The number of carbonyl (C=O) groups excluding carboxylic acids is 1. The van der Waals surface area contributed by atoms with Crippen molar-refractivity contribution in [2.45, 2.75) is 12.2 Å². The van der Waals surface area contributed by atoms with Gasteiger partial charge >= 0.3 is 0 Å². The van der Waals surface area contributed by atoms with Crippen LogP contribution in [0.25, 0.3) is 0 Å². The molecule has 0 saturated carbocycles. The predicted molar refractivity (Wildman–Crippen MR) is 38.9 cm³/mol. The average molecular weight is 154 g/mol. The van der Waals surface area contributed by atoms with Gasteiger partial charge < -0.3 is 5.32 Å². The summed E-state index contributed by atoms with van der Waals surface area (Å²) in [7, 11) is 0. The number of hydrogen-bond donors (Lipinski definition) is 1. The molecule has 1 heterocycles. The molecule has 1 rings (SSSR count). The maximum Gasteiger partial charge on any atom is 0.238 e. The Labute approximate surface area is 63.1 Å². The van der Waals surface area contributed by atoms with Gasteiger partial charge in [-0.05, 0) is 6.92 Å². The van der Waals surface area contributed by atoms with E-state index >= 15 is 0 Å². The first-order valence-electron chi connectivity index (χ1n) is 2.81. The second-order valence-electron chi connectivity index (χ2n) is 1.89. The lowest BCUT2D eigenvalue weighted by Crippen LogP contribution is -2.19. The molecule has 0 aromatic heterocycles. The first-order chi connectivity index (χ1) is 4.74. The van der Waals surface area contributed by atoms with E-state index in [2.05, 4.69) is 5.32 Å². The fraction of sp³-hybridized carbons (Fsp3) is 0.333. The molecule has 1 atom stereocenters. The standard InChI is InChI=1S/C6H6N2OS/c1-4-6(9)8-5(10-4)2-3-7/h2,4H,1H3,(H,8,9)/b5-2-/t4-/m1/s1. The average Bonchev–Trinajstić information content (AvgIpc) is 2.14. The molecule has 10 heavy (non-hydrogen) atoms. The highest BCUT2D eigenvalue weighted by Crippen LogP contribution is 2.25. The normalized spacial score (nSPS) is 28.2. The Bertz CT molecular complexity index is 228. The van der Waals surface area contributed by atoms with Gasteiger partial charge in [0.15, 0.2) is 0 Å². The summed E-state index contributed by atoms with van der Waals surface area (Å²) in [5.74, 6) is -0.0218. The molecule has 1 fully saturated rings. The summed E-state index contributed by atoms with van der Waals surface area (Å²) < 4.78 is 0. The largest absolute Gasteiger partial charge is 0.319 e. The van der Waals surface area contributed by atoms with Crippen LogP contribution in [-0.2, 0) is 4.79 Å². The van der Waals surface area contributed by atoms with Gasteiger partial charge in [-0.15, -0.1) is 0 Å². The molecule has 52 valence electrons. The van der Waals surface area contributed by atoms with Gasteiger partial charge in [-0.3, -0.25) is 4.79 Å². The third kappa shape index (κ3) is 1.31. The molecule has 1 amide bonds. The van der Waals surface area contributed by atoms with E-state index in [1.165, 1.54) is 17.8 Å². The molecule has 1 aliphatic rings. The summed E-state index contributed by atoms with van der Waals surface area (Å²) in [5, 5.41) is 11.4. The first kappa shape index (κ1) is 7.16. The number of hydrogen-bond acceptors (Lipinski definition) is 3. The van der Waals surface area contributed by atoms with E-state index in [9.17, 15) is 4.79 Å². The van der Waals surface area contributed by atoms with Gasteiger partial charge in [-0.2, -0.15) is 5.26 Å². The Morgan fingerprint density at radius 2 is 2.60 bits per heavy atom. The van der Waals surface area contributed by atoms with Gasteiger partial charge in [0, 0.05) is 6.08 Å². The quantitative estimate of drug-likeness (QED) is 0.520. The SMILES string of the molecule is C[C@H]1S/C(=C\C#N)NC1=O. The van der Waals surface area contributed by atoms with Gasteiger partial charge in [-0.1, -0.05) is 11.8 Å². The Kier molecular flexibility index (Phi) is 1.97. The maximum absolute atomic E-state index is 10.8. The van der Waals surface area contributed by atoms with Crippen LogP contribution >= 0.6 is 11.8 Å². The van der Waals surface area contributed by atoms with Crippen LogP contribution in [0.2, 0.25) is 0 Å². The molecular weight excluding hydrogens is 148 g/mol. The number of thioether (sulfide) groups is 1. The molecular formula is C6H6N2OS. The van der Waals surface area contributed by atoms with Gasteiger partial charge in [0.05, 0.1) is 16.3 Å². The Hall–Kier alpha value is -0.950. The fourth-order valence-electron chi connectivity index (χ4n) is 0.625. The number of carbonyl (C=O) groups is 1. The van der Waals surface area contributed by atoms with E-state index in [4.69, 9.17) is 5.26 Å². The number of nitriles is 1. The van der Waals surface area contributed by atoms with E-state index in [0.29, 0.717) is 5.03 Å². The zero-order valence-corrected chi connectivity index (χ0v) is 6.23. The second-order valence-corrected chi connectivity index (χ2v) is 3.27. The molecule has 0 aromatic rings.